The molecule has 0 aliphatic carbocycles. The van der Waals surface area contributed by atoms with Gasteiger partial charge >= 0.3 is 0 Å². The predicted molar refractivity (Wildman–Crippen MR) is 39.1 cm³/mol. The van der Waals surface area contributed by atoms with Crippen LogP contribution in [0.2, 0.25) is 0 Å². The zero-order valence-electron chi connectivity index (χ0n) is 6.30. The molecule has 1 atom stereocenters. The van der Waals surface area contributed by atoms with Gasteiger partial charge in [-0.05, 0) is 18.8 Å². The third kappa shape index (κ3) is 5.39. The van der Waals surface area contributed by atoms with Gasteiger partial charge in [-0.2, -0.15) is 5.26 Å². The lowest BCUT2D eigenvalue weighted by molar-refractivity contribution is 0.273. The highest BCUT2D eigenvalue weighted by Gasteiger charge is 1.98. The zero-order chi connectivity index (χ0) is 7.82. The highest BCUT2D eigenvalue weighted by atomic mass is 16.2. The Morgan fingerprint density at radius 3 is 2.90 bits per heavy atom. The molecule has 0 amide bonds. The molecule has 10 heavy (non-hydrogen) atoms. The zero-order valence-corrected chi connectivity index (χ0v) is 6.30. The van der Waals surface area contributed by atoms with E-state index in [1.807, 2.05) is 6.19 Å². The van der Waals surface area contributed by atoms with E-state index in [4.69, 9.17) is 10.4 Å². The molecule has 58 valence electrons. The van der Waals surface area contributed by atoms with Crippen LogP contribution >= 0.6 is 0 Å². The Morgan fingerprint density at radius 2 is 2.40 bits per heavy atom. The largest absolute Gasteiger partial charge is 0.396 e. The van der Waals surface area contributed by atoms with Crippen molar-refractivity contribution in [1.82, 2.24) is 5.32 Å². The molecule has 3 nitrogen and oxygen atoms in total. The third-order valence-corrected chi connectivity index (χ3v) is 1.38. The topological polar surface area (TPSA) is 56.0 Å². The van der Waals surface area contributed by atoms with Gasteiger partial charge in [0.2, 0.25) is 0 Å². The first-order valence-corrected chi connectivity index (χ1v) is 3.54. The summed E-state index contributed by atoms with van der Waals surface area (Å²) in [5.74, 6) is 0.479. The quantitative estimate of drug-likeness (QED) is 0.433. The number of aliphatic hydroxyl groups is 1. The molecule has 0 rings (SSSR count). The maximum absolute atomic E-state index is 8.46. The first kappa shape index (κ1) is 9.25. The van der Waals surface area contributed by atoms with E-state index in [9.17, 15) is 0 Å². The van der Waals surface area contributed by atoms with Gasteiger partial charge in [0.1, 0.15) is 0 Å². The fourth-order valence-corrected chi connectivity index (χ4v) is 0.762. The Hall–Kier alpha value is -0.750. The van der Waals surface area contributed by atoms with Crippen molar-refractivity contribution >= 4 is 0 Å². The summed E-state index contributed by atoms with van der Waals surface area (Å²) in [7, 11) is 0. The first-order valence-electron chi connectivity index (χ1n) is 3.54. The monoisotopic (exact) mass is 142 g/mol. The van der Waals surface area contributed by atoms with Gasteiger partial charge in [0.15, 0.2) is 6.19 Å². The van der Waals surface area contributed by atoms with Crippen molar-refractivity contribution in [3.8, 4) is 6.19 Å². The van der Waals surface area contributed by atoms with Crippen molar-refractivity contribution < 1.29 is 5.11 Å². The van der Waals surface area contributed by atoms with Crippen molar-refractivity contribution in [2.24, 2.45) is 5.92 Å². The van der Waals surface area contributed by atoms with Gasteiger partial charge in [-0.25, -0.2) is 0 Å². The summed E-state index contributed by atoms with van der Waals surface area (Å²) < 4.78 is 0. The van der Waals surface area contributed by atoms with Gasteiger partial charge in [0, 0.05) is 13.2 Å². The number of hydrogen-bond acceptors (Lipinski definition) is 3. The van der Waals surface area contributed by atoms with Crippen LogP contribution in [0.5, 0.6) is 0 Å². The molecule has 0 aliphatic rings. The second-order valence-electron chi connectivity index (χ2n) is 2.46. The summed E-state index contributed by atoms with van der Waals surface area (Å²) in [4.78, 5) is 0. The average molecular weight is 142 g/mol. The summed E-state index contributed by atoms with van der Waals surface area (Å²) in [6.07, 6.45) is 3.67. The molecule has 3 heteroatoms. The number of nitriles is 1. The normalized spacial score (nSPS) is 12.1. The predicted octanol–water partition coefficient (Wildman–Crippen LogP) is 0.466. The standard InChI is InChI=1S/C7H14N2O/c1-7(3-2-4-10)5-9-6-8/h7,9-10H,2-5H2,1H3. The Morgan fingerprint density at radius 1 is 1.70 bits per heavy atom. The van der Waals surface area contributed by atoms with Crippen LogP contribution in [0.3, 0.4) is 0 Å². The lowest BCUT2D eigenvalue weighted by Gasteiger charge is -2.07. The van der Waals surface area contributed by atoms with E-state index in [0.29, 0.717) is 5.92 Å². The minimum atomic E-state index is 0.247. The van der Waals surface area contributed by atoms with Gasteiger partial charge in [-0.3, -0.25) is 0 Å². The highest BCUT2D eigenvalue weighted by Crippen LogP contribution is 2.02. The fraction of sp³-hybridized carbons (Fsp3) is 0.857. The Bertz CT molecular complexity index is 109. The molecule has 0 saturated heterocycles. The second kappa shape index (κ2) is 6.37. The SMILES string of the molecule is CC(CCCO)CNC#N. The molecule has 0 aromatic carbocycles. The number of rotatable bonds is 5. The Labute approximate surface area is 61.7 Å². The van der Waals surface area contributed by atoms with Crippen LogP contribution in [0.15, 0.2) is 0 Å². The molecule has 0 aromatic rings. The summed E-state index contributed by atoms with van der Waals surface area (Å²) in [5.41, 5.74) is 0. The molecule has 2 N–H and O–H groups in total. The summed E-state index contributed by atoms with van der Waals surface area (Å²) in [5, 5.41) is 19.2. The highest BCUT2D eigenvalue weighted by molar-refractivity contribution is 4.67. The van der Waals surface area contributed by atoms with Gasteiger partial charge in [0.25, 0.3) is 0 Å². The molecule has 0 bridgehead atoms. The van der Waals surface area contributed by atoms with Crippen LogP contribution in [0.1, 0.15) is 19.8 Å². The first-order chi connectivity index (χ1) is 4.81. The fourth-order valence-electron chi connectivity index (χ4n) is 0.762. The van der Waals surface area contributed by atoms with E-state index in [0.717, 1.165) is 19.4 Å². The molecule has 0 spiro atoms. The number of aliphatic hydroxyl groups excluding tert-OH is 1. The minimum absolute atomic E-state index is 0.247. The van der Waals surface area contributed by atoms with Gasteiger partial charge in [0.05, 0.1) is 0 Å². The summed E-state index contributed by atoms with van der Waals surface area (Å²) in [6, 6.07) is 0. The summed E-state index contributed by atoms with van der Waals surface area (Å²) in [6.45, 7) is 3.02. The van der Waals surface area contributed by atoms with E-state index in [2.05, 4.69) is 12.2 Å². The van der Waals surface area contributed by atoms with Crippen molar-refractivity contribution in [2.75, 3.05) is 13.2 Å². The molecular formula is C7H14N2O. The number of nitrogens with zero attached hydrogens (tertiary/aromatic N) is 1. The minimum Gasteiger partial charge on any atom is -0.396 e. The van der Waals surface area contributed by atoms with Crippen LogP contribution in [0, 0.1) is 17.4 Å². The molecule has 1 unspecified atom stereocenters. The second-order valence-corrected chi connectivity index (χ2v) is 2.46. The van der Waals surface area contributed by atoms with Crippen molar-refractivity contribution in [2.45, 2.75) is 19.8 Å². The van der Waals surface area contributed by atoms with Gasteiger partial charge < -0.3 is 10.4 Å². The van der Waals surface area contributed by atoms with Crippen LogP contribution in [-0.2, 0) is 0 Å². The van der Waals surface area contributed by atoms with E-state index in [-0.39, 0.29) is 6.61 Å². The van der Waals surface area contributed by atoms with Gasteiger partial charge in [-0.1, -0.05) is 6.92 Å². The van der Waals surface area contributed by atoms with Crippen LogP contribution in [0.25, 0.3) is 0 Å². The molecule has 0 fully saturated rings. The van der Waals surface area contributed by atoms with Crippen LogP contribution in [0.4, 0.5) is 0 Å². The van der Waals surface area contributed by atoms with Crippen molar-refractivity contribution in [3.05, 3.63) is 0 Å². The maximum Gasteiger partial charge on any atom is 0.176 e. The lowest BCUT2D eigenvalue weighted by Crippen LogP contribution is -2.15. The van der Waals surface area contributed by atoms with Crippen molar-refractivity contribution in [1.29, 1.82) is 5.26 Å². The van der Waals surface area contributed by atoms with Crippen molar-refractivity contribution in [3.63, 3.8) is 0 Å². The molecule has 0 aliphatic heterocycles. The van der Waals surface area contributed by atoms with Gasteiger partial charge in [-0.15, -0.1) is 0 Å². The third-order valence-electron chi connectivity index (χ3n) is 1.38. The molecule has 0 radical (unpaired) electrons. The van der Waals surface area contributed by atoms with E-state index >= 15 is 0 Å². The number of nitrogens with one attached hydrogen (secondary N) is 1. The summed E-state index contributed by atoms with van der Waals surface area (Å²) >= 11 is 0. The van der Waals surface area contributed by atoms with Crippen LogP contribution < -0.4 is 5.32 Å². The number of hydrogen-bond donors (Lipinski definition) is 2. The average Bonchev–Trinajstić information content (AvgIpc) is 1.97. The molecule has 0 saturated carbocycles. The molecule has 0 heterocycles. The lowest BCUT2D eigenvalue weighted by atomic mass is 10.1. The van der Waals surface area contributed by atoms with E-state index in [1.54, 1.807) is 0 Å². The maximum atomic E-state index is 8.46. The Kier molecular flexibility index (Phi) is 5.89. The molecule has 0 aromatic heterocycles. The van der Waals surface area contributed by atoms with E-state index < -0.39 is 0 Å². The smallest absolute Gasteiger partial charge is 0.176 e. The van der Waals surface area contributed by atoms with Crippen LogP contribution in [-0.4, -0.2) is 18.3 Å². The van der Waals surface area contributed by atoms with E-state index in [1.165, 1.54) is 0 Å². The molecular weight excluding hydrogens is 128 g/mol. The Balaban J connectivity index is 3.10.